The lowest BCUT2D eigenvalue weighted by atomic mass is 10.2. The Morgan fingerprint density at radius 2 is 0.483 bits per heavy atom. The van der Waals surface area contributed by atoms with Crippen molar-refractivity contribution in [2.24, 2.45) is 0 Å². The number of aliphatic hydroxyl groups excluding tert-OH is 2. The molecule has 0 saturated carbocycles. The van der Waals surface area contributed by atoms with E-state index < -0.39 is 0 Å². The van der Waals surface area contributed by atoms with Crippen LogP contribution in [0, 0.1) is 0 Å². The molecule has 0 aliphatic carbocycles. The van der Waals surface area contributed by atoms with Gasteiger partial charge in [-0.3, -0.25) is 0 Å². The Balaban J connectivity index is 2.97. The van der Waals surface area contributed by atoms with E-state index in [4.69, 9.17) is 24.4 Å². The highest BCUT2D eigenvalue weighted by molar-refractivity contribution is 4.47. The average molecular weight is 419 g/mol. The molecule has 5 heteroatoms. The number of aliphatic hydroxyl groups is 2. The SMILES string of the molecule is OCCCCCCOCCCCCCOCCCCCCOCCCCCCO. The molecule has 0 aromatic carbocycles. The topological polar surface area (TPSA) is 68.2 Å². The second-order valence-electron chi connectivity index (χ2n) is 7.94. The van der Waals surface area contributed by atoms with Crippen LogP contribution in [-0.2, 0) is 14.2 Å². The van der Waals surface area contributed by atoms with Crippen molar-refractivity contribution in [1.82, 2.24) is 0 Å². The summed E-state index contributed by atoms with van der Waals surface area (Å²) in [5.41, 5.74) is 0. The van der Waals surface area contributed by atoms with Gasteiger partial charge in [0.1, 0.15) is 0 Å². The largest absolute Gasteiger partial charge is 0.396 e. The van der Waals surface area contributed by atoms with Crippen LogP contribution in [0.25, 0.3) is 0 Å². The van der Waals surface area contributed by atoms with Crippen LogP contribution in [0.15, 0.2) is 0 Å². The van der Waals surface area contributed by atoms with Crippen LogP contribution >= 0.6 is 0 Å². The quantitative estimate of drug-likeness (QED) is 0.187. The molecule has 2 N–H and O–H groups in total. The van der Waals surface area contributed by atoms with Gasteiger partial charge < -0.3 is 24.4 Å². The molecule has 0 fully saturated rings. The summed E-state index contributed by atoms with van der Waals surface area (Å²) in [4.78, 5) is 0. The summed E-state index contributed by atoms with van der Waals surface area (Å²) in [5.74, 6) is 0. The summed E-state index contributed by atoms with van der Waals surface area (Å²) in [7, 11) is 0. The molecule has 29 heavy (non-hydrogen) atoms. The summed E-state index contributed by atoms with van der Waals surface area (Å²) in [6.07, 6.45) is 18.2. The molecule has 0 rings (SSSR count). The lowest BCUT2D eigenvalue weighted by Gasteiger charge is -2.06. The maximum Gasteiger partial charge on any atom is 0.0466 e. The van der Waals surface area contributed by atoms with Crippen molar-refractivity contribution in [3.05, 3.63) is 0 Å². The number of hydrogen-bond acceptors (Lipinski definition) is 5. The van der Waals surface area contributed by atoms with E-state index in [1.54, 1.807) is 0 Å². The first-order valence-corrected chi connectivity index (χ1v) is 12.4. The Morgan fingerprint density at radius 1 is 0.276 bits per heavy atom. The number of rotatable bonds is 26. The summed E-state index contributed by atoms with van der Waals surface area (Å²) < 4.78 is 17.0. The first kappa shape index (κ1) is 28.8. The van der Waals surface area contributed by atoms with Gasteiger partial charge in [-0.2, -0.15) is 0 Å². The Hall–Kier alpha value is -0.200. The van der Waals surface area contributed by atoms with E-state index in [0.29, 0.717) is 13.2 Å². The van der Waals surface area contributed by atoms with Gasteiger partial charge >= 0.3 is 0 Å². The summed E-state index contributed by atoms with van der Waals surface area (Å²) in [5, 5.41) is 17.4. The molecule has 0 bridgehead atoms. The van der Waals surface area contributed by atoms with Crippen LogP contribution in [-0.4, -0.2) is 63.1 Å². The third-order valence-corrected chi connectivity index (χ3v) is 5.05. The van der Waals surface area contributed by atoms with Crippen LogP contribution < -0.4 is 0 Å². The lowest BCUT2D eigenvalue weighted by molar-refractivity contribution is 0.114. The van der Waals surface area contributed by atoms with Gasteiger partial charge in [-0.1, -0.05) is 51.4 Å². The van der Waals surface area contributed by atoms with E-state index in [1.165, 1.54) is 38.5 Å². The maximum atomic E-state index is 8.70. The van der Waals surface area contributed by atoms with Gasteiger partial charge in [-0.15, -0.1) is 0 Å². The third kappa shape index (κ3) is 27.8. The van der Waals surface area contributed by atoms with Gasteiger partial charge in [0.05, 0.1) is 0 Å². The molecule has 0 atom stereocenters. The minimum absolute atomic E-state index is 0.314. The molecule has 176 valence electrons. The highest BCUT2D eigenvalue weighted by Crippen LogP contribution is 2.05. The lowest BCUT2D eigenvalue weighted by Crippen LogP contribution is -2.00. The van der Waals surface area contributed by atoms with Crippen LogP contribution in [0.4, 0.5) is 0 Å². The molecule has 0 unspecified atom stereocenters. The molecule has 0 heterocycles. The maximum absolute atomic E-state index is 8.70. The molecule has 5 nitrogen and oxygen atoms in total. The Morgan fingerprint density at radius 3 is 0.690 bits per heavy atom. The fourth-order valence-electron chi connectivity index (χ4n) is 3.17. The van der Waals surface area contributed by atoms with Crippen molar-refractivity contribution in [3.63, 3.8) is 0 Å². The van der Waals surface area contributed by atoms with Gasteiger partial charge in [0.25, 0.3) is 0 Å². The molecular formula is C24H50O5. The molecule has 0 aromatic rings. The normalized spacial score (nSPS) is 11.4. The van der Waals surface area contributed by atoms with E-state index in [0.717, 1.165) is 104 Å². The fourth-order valence-corrected chi connectivity index (χ4v) is 3.17. The number of ether oxygens (including phenoxy) is 3. The standard InChI is InChI=1S/C24H50O5/c25-17-9-1-3-11-19-27-21-13-5-7-15-23-29-24-16-8-6-14-22-28-20-12-4-2-10-18-26/h25-26H,1-24H2. The van der Waals surface area contributed by atoms with E-state index in [2.05, 4.69) is 0 Å². The third-order valence-electron chi connectivity index (χ3n) is 5.05. The smallest absolute Gasteiger partial charge is 0.0466 e. The molecular weight excluding hydrogens is 368 g/mol. The molecule has 0 radical (unpaired) electrons. The van der Waals surface area contributed by atoms with E-state index in [9.17, 15) is 0 Å². The summed E-state index contributed by atoms with van der Waals surface area (Å²) in [6, 6.07) is 0. The number of hydrogen-bond donors (Lipinski definition) is 2. The van der Waals surface area contributed by atoms with Crippen molar-refractivity contribution < 1.29 is 24.4 Å². The van der Waals surface area contributed by atoms with Crippen molar-refractivity contribution in [3.8, 4) is 0 Å². The van der Waals surface area contributed by atoms with Crippen molar-refractivity contribution in [2.45, 2.75) is 103 Å². The molecule has 0 aromatic heterocycles. The van der Waals surface area contributed by atoms with E-state index in [1.807, 2.05) is 0 Å². The summed E-state index contributed by atoms with van der Waals surface area (Å²) in [6.45, 7) is 5.92. The minimum Gasteiger partial charge on any atom is -0.396 e. The zero-order valence-corrected chi connectivity index (χ0v) is 19.1. The molecule has 0 spiro atoms. The van der Waals surface area contributed by atoms with Gasteiger partial charge in [-0.05, 0) is 51.4 Å². The zero-order chi connectivity index (χ0) is 21.1. The van der Waals surface area contributed by atoms with Gasteiger partial charge in [-0.25, -0.2) is 0 Å². The van der Waals surface area contributed by atoms with Crippen LogP contribution in [0.3, 0.4) is 0 Å². The van der Waals surface area contributed by atoms with Crippen molar-refractivity contribution in [2.75, 3.05) is 52.9 Å². The van der Waals surface area contributed by atoms with Gasteiger partial charge in [0.15, 0.2) is 0 Å². The Bertz CT molecular complexity index is 250. The molecule has 0 aliphatic heterocycles. The number of unbranched alkanes of at least 4 members (excludes halogenated alkanes) is 12. The van der Waals surface area contributed by atoms with E-state index in [-0.39, 0.29) is 0 Å². The second-order valence-corrected chi connectivity index (χ2v) is 7.94. The van der Waals surface area contributed by atoms with Crippen molar-refractivity contribution in [1.29, 1.82) is 0 Å². The Kier molecular flexibility index (Phi) is 27.6. The first-order chi connectivity index (χ1) is 14.4. The van der Waals surface area contributed by atoms with Crippen LogP contribution in [0.2, 0.25) is 0 Å². The van der Waals surface area contributed by atoms with Crippen LogP contribution in [0.1, 0.15) is 103 Å². The first-order valence-electron chi connectivity index (χ1n) is 12.4. The highest BCUT2D eigenvalue weighted by Gasteiger charge is 1.95. The molecule has 0 aliphatic rings. The second kappa shape index (κ2) is 27.8. The average Bonchev–Trinajstić information content (AvgIpc) is 2.74. The van der Waals surface area contributed by atoms with Gasteiger partial charge in [0.2, 0.25) is 0 Å². The zero-order valence-electron chi connectivity index (χ0n) is 19.1. The predicted molar refractivity (Wildman–Crippen MR) is 121 cm³/mol. The molecule has 0 saturated heterocycles. The fraction of sp³-hybridized carbons (Fsp3) is 1.00. The van der Waals surface area contributed by atoms with Crippen LogP contribution in [0.5, 0.6) is 0 Å². The Labute approximate surface area is 180 Å². The van der Waals surface area contributed by atoms with Crippen molar-refractivity contribution >= 4 is 0 Å². The summed E-state index contributed by atoms with van der Waals surface area (Å²) >= 11 is 0. The highest BCUT2D eigenvalue weighted by atomic mass is 16.5. The van der Waals surface area contributed by atoms with Gasteiger partial charge in [0, 0.05) is 52.9 Å². The minimum atomic E-state index is 0.314. The molecule has 0 amide bonds. The van der Waals surface area contributed by atoms with E-state index >= 15 is 0 Å². The predicted octanol–water partition coefficient (Wildman–Crippen LogP) is 5.26. The monoisotopic (exact) mass is 418 g/mol.